The van der Waals surface area contributed by atoms with Crippen LogP contribution in [0.2, 0.25) is 0 Å². The topological polar surface area (TPSA) is 29.5 Å². The van der Waals surface area contributed by atoms with Crippen molar-refractivity contribution in [3.8, 4) is 0 Å². The van der Waals surface area contributed by atoms with Gasteiger partial charge in [-0.25, -0.2) is 4.79 Å². The van der Waals surface area contributed by atoms with Crippen LogP contribution in [0.3, 0.4) is 0 Å². The molecule has 0 aliphatic carbocycles. The smallest absolute Gasteiger partial charge is 0.414 e. The van der Waals surface area contributed by atoms with Crippen molar-refractivity contribution in [1.29, 1.82) is 0 Å². The zero-order valence-corrected chi connectivity index (χ0v) is 13.6. The summed E-state index contributed by atoms with van der Waals surface area (Å²) in [4.78, 5) is 13.6. The number of hydrogen-bond donors (Lipinski definition) is 0. The molecule has 0 radical (unpaired) electrons. The number of hydrogen-bond acceptors (Lipinski definition) is 2. The number of carbonyl (C=O) groups is 1. The van der Waals surface area contributed by atoms with Gasteiger partial charge in [-0.1, -0.05) is 26.3 Å². The van der Waals surface area contributed by atoms with Crippen LogP contribution in [-0.4, -0.2) is 22.6 Å². The molecule has 0 saturated heterocycles. The Morgan fingerprint density at radius 3 is 2.00 bits per heavy atom. The number of amides is 1. The summed E-state index contributed by atoms with van der Waals surface area (Å²) in [6, 6.07) is 0.108. The van der Waals surface area contributed by atoms with Gasteiger partial charge in [0.1, 0.15) is 5.60 Å². The minimum absolute atomic E-state index is 0.108. The summed E-state index contributed by atoms with van der Waals surface area (Å²) < 4.78 is 5.35. The molecule has 3 nitrogen and oxygen atoms in total. The molecule has 108 valence electrons. The van der Waals surface area contributed by atoms with Crippen LogP contribution in [0, 0.1) is 0 Å². The first-order valence-electron chi connectivity index (χ1n) is 6.86. The van der Waals surface area contributed by atoms with Gasteiger partial charge in [-0.3, -0.25) is 4.90 Å². The molecule has 3 heteroatoms. The fourth-order valence-electron chi connectivity index (χ4n) is 1.06. The zero-order chi connectivity index (χ0) is 14.9. The number of ether oxygens (including phenoxy) is 1. The highest BCUT2D eigenvalue weighted by atomic mass is 16.6. The van der Waals surface area contributed by atoms with E-state index in [9.17, 15) is 4.79 Å². The number of allylic oxidation sites excluding steroid dienone is 1. The van der Waals surface area contributed by atoms with Crippen LogP contribution in [0.15, 0.2) is 11.8 Å². The molecule has 0 atom stereocenters. The van der Waals surface area contributed by atoms with Crippen LogP contribution >= 0.6 is 0 Å². The van der Waals surface area contributed by atoms with E-state index in [1.807, 2.05) is 61.6 Å². The van der Waals surface area contributed by atoms with E-state index < -0.39 is 5.60 Å². The van der Waals surface area contributed by atoms with Crippen molar-refractivity contribution in [2.75, 3.05) is 0 Å². The Morgan fingerprint density at radius 1 is 1.28 bits per heavy atom. The average Bonchev–Trinajstić information content (AvgIpc) is 2.25. The molecular weight excluding hydrogens is 226 g/mol. The van der Waals surface area contributed by atoms with E-state index in [-0.39, 0.29) is 12.1 Å². The maximum Gasteiger partial charge on any atom is 0.414 e. The molecule has 1 amide bonds. The van der Waals surface area contributed by atoms with Crippen molar-refractivity contribution in [1.82, 2.24) is 4.90 Å². The molecule has 18 heavy (non-hydrogen) atoms. The molecule has 0 rings (SSSR count). The first-order valence-corrected chi connectivity index (χ1v) is 6.86. The van der Waals surface area contributed by atoms with Gasteiger partial charge < -0.3 is 4.74 Å². The van der Waals surface area contributed by atoms with Gasteiger partial charge in [0.15, 0.2) is 0 Å². The van der Waals surface area contributed by atoms with Crippen molar-refractivity contribution < 1.29 is 9.53 Å². The lowest BCUT2D eigenvalue weighted by atomic mass is 10.2. The van der Waals surface area contributed by atoms with Crippen molar-refractivity contribution in [3.63, 3.8) is 0 Å². The van der Waals surface area contributed by atoms with Crippen molar-refractivity contribution in [2.24, 2.45) is 0 Å². The maximum absolute atomic E-state index is 11.9. The molecule has 0 bridgehead atoms. The van der Waals surface area contributed by atoms with Gasteiger partial charge in [0, 0.05) is 12.2 Å². The Kier molecular flexibility index (Phi) is 9.69. The lowest BCUT2D eigenvalue weighted by Gasteiger charge is -2.28. The Balaban J connectivity index is 0. The van der Waals surface area contributed by atoms with Crippen molar-refractivity contribution in [3.05, 3.63) is 11.8 Å². The number of carbonyl (C=O) groups excluding carboxylic acids is 1. The highest BCUT2D eigenvalue weighted by Crippen LogP contribution is 2.14. The van der Waals surface area contributed by atoms with Gasteiger partial charge in [0.05, 0.1) is 0 Å². The molecule has 0 unspecified atom stereocenters. The fraction of sp³-hybridized carbons (Fsp3) is 0.800. The molecule has 0 aliphatic heterocycles. The summed E-state index contributed by atoms with van der Waals surface area (Å²) in [7, 11) is 0. The standard InChI is InChI=1S/C13H25NO2.C2H6/c1-8-11(4)9-14(10(2)3)12(15)16-13(5,6)7;1-2/h9-10H,8H2,1-7H3;1-2H3. The SMILES string of the molecule is CC.CCC(C)=CN(C(=O)OC(C)(C)C)C(C)C. The molecule has 0 spiro atoms. The molecule has 0 saturated carbocycles. The summed E-state index contributed by atoms with van der Waals surface area (Å²) in [6.07, 6.45) is 2.53. The van der Waals surface area contributed by atoms with Crippen LogP contribution in [-0.2, 0) is 4.74 Å². The lowest BCUT2D eigenvalue weighted by molar-refractivity contribution is 0.0290. The highest BCUT2D eigenvalue weighted by molar-refractivity contribution is 5.69. The van der Waals surface area contributed by atoms with Gasteiger partial charge in [-0.05, 0) is 48.0 Å². The molecule has 0 aromatic heterocycles. The Morgan fingerprint density at radius 2 is 1.72 bits per heavy atom. The van der Waals surface area contributed by atoms with Gasteiger partial charge in [-0.15, -0.1) is 0 Å². The number of nitrogens with zero attached hydrogens (tertiary/aromatic N) is 1. The molecule has 0 heterocycles. The average molecular weight is 257 g/mol. The lowest BCUT2D eigenvalue weighted by Crippen LogP contribution is -2.37. The van der Waals surface area contributed by atoms with Crippen molar-refractivity contribution in [2.45, 2.75) is 80.4 Å². The molecule has 0 aromatic rings. The predicted molar refractivity (Wildman–Crippen MR) is 78.6 cm³/mol. The summed E-state index contributed by atoms with van der Waals surface area (Å²) in [5, 5.41) is 0. The second-order valence-electron chi connectivity index (χ2n) is 5.31. The number of rotatable bonds is 3. The molecule has 0 N–H and O–H groups in total. The molecular formula is C15H31NO2. The second-order valence-corrected chi connectivity index (χ2v) is 5.31. The molecule has 0 aliphatic rings. The minimum Gasteiger partial charge on any atom is -0.443 e. The Labute approximate surface area is 113 Å². The predicted octanol–water partition coefficient (Wildman–Crippen LogP) is 4.97. The van der Waals surface area contributed by atoms with Crippen LogP contribution in [0.5, 0.6) is 0 Å². The van der Waals surface area contributed by atoms with Gasteiger partial charge in [0.2, 0.25) is 0 Å². The fourth-order valence-corrected chi connectivity index (χ4v) is 1.06. The van der Waals surface area contributed by atoms with Crippen molar-refractivity contribution >= 4 is 6.09 Å². The van der Waals surface area contributed by atoms with E-state index in [1.165, 1.54) is 5.57 Å². The first kappa shape index (κ1) is 19.4. The molecule has 0 aromatic carbocycles. The normalized spacial score (nSPS) is 11.8. The summed E-state index contributed by atoms with van der Waals surface area (Å²) >= 11 is 0. The third-order valence-electron chi connectivity index (χ3n) is 2.08. The zero-order valence-electron chi connectivity index (χ0n) is 13.6. The van der Waals surface area contributed by atoms with E-state index in [0.29, 0.717) is 0 Å². The minimum atomic E-state index is -0.446. The quantitative estimate of drug-likeness (QED) is 0.714. The summed E-state index contributed by atoms with van der Waals surface area (Å²) in [6.45, 7) is 17.7. The van der Waals surface area contributed by atoms with Gasteiger partial charge >= 0.3 is 6.09 Å². The highest BCUT2D eigenvalue weighted by Gasteiger charge is 2.22. The van der Waals surface area contributed by atoms with E-state index in [2.05, 4.69) is 6.92 Å². The third kappa shape index (κ3) is 9.08. The van der Waals surface area contributed by atoms with Crippen LogP contribution in [0.25, 0.3) is 0 Å². The molecule has 0 fully saturated rings. The van der Waals surface area contributed by atoms with Gasteiger partial charge in [0.25, 0.3) is 0 Å². The largest absolute Gasteiger partial charge is 0.443 e. The second kappa shape index (κ2) is 9.01. The van der Waals surface area contributed by atoms with Crippen LogP contribution in [0.1, 0.15) is 68.7 Å². The van der Waals surface area contributed by atoms with Crippen LogP contribution in [0.4, 0.5) is 4.79 Å². The first-order chi connectivity index (χ1) is 8.17. The Bertz CT molecular complexity index is 262. The van der Waals surface area contributed by atoms with E-state index in [1.54, 1.807) is 4.90 Å². The monoisotopic (exact) mass is 257 g/mol. The van der Waals surface area contributed by atoms with Gasteiger partial charge in [-0.2, -0.15) is 0 Å². The van der Waals surface area contributed by atoms with E-state index >= 15 is 0 Å². The summed E-state index contributed by atoms with van der Waals surface area (Å²) in [5.41, 5.74) is 0.720. The van der Waals surface area contributed by atoms with E-state index in [0.717, 1.165) is 6.42 Å². The summed E-state index contributed by atoms with van der Waals surface area (Å²) in [5.74, 6) is 0. The van der Waals surface area contributed by atoms with E-state index in [4.69, 9.17) is 4.74 Å². The van der Waals surface area contributed by atoms with Crippen LogP contribution < -0.4 is 0 Å². The Hall–Kier alpha value is -0.990. The maximum atomic E-state index is 11.9. The third-order valence-corrected chi connectivity index (χ3v) is 2.08.